The number of rotatable bonds is 9. The zero-order valence-corrected chi connectivity index (χ0v) is 34.0. The number of halogens is 1. The van der Waals surface area contributed by atoms with E-state index < -0.39 is 80.2 Å². The number of carbonyl (C=O) groups excluding carboxylic acids is 4. The number of amides is 4. The second kappa shape index (κ2) is 15.7. The highest BCUT2D eigenvalue weighted by Gasteiger charge is 2.62. The highest BCUT2D eigenvalue weighted by Crippen LogP contribution is 2.46. The molecule has 57 heavy (non-hydrogen) atoms. The molecule has 4 amide bonds. The highest BCUT2D eigenvalue weighted by atomic mass is 32.2. The van der Waals surface area contributed by atoms with Gasteiger partial charge in [0.2, 0.25) is 27.7 Å². The Balaban J connectivity index is 1.21. The third-order valence-corrected chi connectivity index (χ3v) is 13.3. The molecule has 14 nitrogen and oxygen atoms in total. The van der Waals surface area contributed by atoms with Crippen molar-refractivity contribution in [3.05, 3.63) is 42.4 Å². The van der Waals surface area contributed by atoms with E-state index in [4.69, 9.17) is 14.2 Å². The maximum absolute atomic E-state index is 14.8. The van der Waals surface area contributed by atoms with Gasteiger partial charge in [0.25, 0.3) is 5.91 Å². The van der Waals surface area contributed by atoms with Crippen molar-refractivity contribution < 1.29 is 46.2 Å². The average Bonchev–Trinajstić information content (AvgIpc) is 4.02. The van der Waals surface area contributed by atoms with Crippen LogP contribution in [0.4, 0.5) is 9.18 Å². The second-order valence-corrected chi connectivity index (χ2v) is 19.7. The summed E-state index contributed by atoms with van der Waals surface area (Å²) in [6.07, 6.45) is 8.87. The van der Waals surface area contributed by atoms with E-state index in [-0.39, 0.29) is 37.1 Å². The van der Waals surface area contributed by atoms with Gasteiger partial charge < -0.3 is 29.7 Å². The number of fused-ring (bicyclic) bond motifs is 3. The molecule has 7 rings (SSSR count). The van der Waals surface area contributed by atoms with E-state index in [2.05, 4.69) is 27.3 Å². The van der Waals surface area contributed by atoms with E-state index in [1.54, 1.807) is 26.8 Å². The third kappa shape index (κ3) is 9.47. The lowest BCUT2D eigenvalue weighted by Gasteiger charge is -2.33. The Hall–Kier alpha value is -4.47. The minimum Gasteiger partial charge on any atom is -0.491 e. The van der Waals surface area contributed by atoms with Crippen LogP contribution in [0.25, 0.3) is 10.8 Å². The predicted octanol–water partition coefficient (Wildman–Crippen LogP) is 4.90. The molecule has 0 bridgehead atoms. The van der Waals surface area contributed by atoms with E-state index >= 15 is 0 Å². The fraction of sp³-hybridized carbons (Fsp3) is 0.634. The zero-order valence-electron chi connectivity index (χ0n) is 33.2. The number of benzene rings is 1. The van der Waals surface area contributed by atoms with Crippen LogP contribution in [-0.4, -0.2) is 89.8 Å². The van der Waals surface area contributed by atoms with Gasteiger partial charge >= 0.3 is 6.09 Å². The summed E-state index contributed by atoms with van der Waals surface area (Å²) in [5, 5.41) is 5.95. The van der Waals surface area contributed by atoms with Gasteiger partial charge in [0.1, 0.15) is 40.9 Å². The van der Waals surface area contributed by atoms with Gasteiger partial charge in [-0.05, 0) is 108 Å². The summed E-state index contributed by atoms with van der Waals surface area (Å²) in [6.45, 7) is 9.49. The van der Waals surface area contributed by atoms with Crippen LogP contribution < -0.4 is 24.8 Å². The molecule has 310 valence electrons. The average molecular weight is 812 g/mol. The van der Waals surface area contributed by atoms with Crippen LogP contribution in [0.1, 0.15) is 92.4 Å². The lowest BCUT2D eigenvalue weighted by molar-refractivity contribution is -0.142. The van der Waals surface area contributed by atoms with Gasteiger partial charge in [-0.2, -0.15) is 0 Å². The Morgan fingerprint density at radius 1 is 1.07 bits per heavy atom. The summed E-state index contributed by atoms with van der Waals surface area (Å²) in [7, 11) is -3.93. The number of hydrogen-bond acceptors (Lipinski definition) is 10. The van der Waals surface area contributed by atoms with E-state index in [0.717, 1.165) is 19.3 Å². The SMILES string of the molecule is CC1CCC=CC2CC2(C(=O)NS(=O)(=O)C2CC2)NC(=O)C2CC(Oc3ncc(OCC4CC4)c4ccc(F)cc34)CN2C(=O)C(NC(=O)OC(C)(C)C)C(C)C1. The van der Waals surface area contributed by atoms with E-state index in [9.17, 15) is 32.0 Å². The van der Waals surface area contributed by atoms with Crippen LogP contribution in [0.5, 0.6) is 11.6 Å². The predicted molar refractivity (Wildman–Crippen MR) is 208 cm³/mol. The number of nitrogens with zero attached hydrogens (tertiary/aromatic N) is 2. The van der Waals surface area contributed by atoms with Crippen molar-refractivity contribution >= 4 is 44.6 Å². The lowest BCUT2D eigenvalue weighted by Crippen LogP contribution is -2.59. The van der Waals surface area contributed by atoms with Gasteiger partial charge in [-0.25, -0.2) is 22.6 Å². The molecular formula is C41H54FN5O9S. The van der Waals surface area contributed by atoms with Gasteiger partial charge in [-0.15, -0.1) is 0 Å². The van der Waals surface area contributed by atoms with Crippen molar-refractivity contribution in [1.29, 1.82) is 0 Å². The molecule has 2 aromatic rings. The molecule has 1 aromatic heterocycles. The summed E-state index contributed by atoms with van der Waals surface area (Å²) in [4.78, 5) is 62.2. The Kier molecular flexibility index (Phi) is 11.2. The van der Waals surface area contributed by atoms with Crippen molar-refractivity contribution in [2.75, 3.05) is 13.2 Å². The minimum atomic E-state index is -3.93. The maximum atomic E-state index is 14.8. The van der Waals surface area contributed by atoms with Crippen molar-refractivity contribution in [3.63, 3.8) is 0 Å². The Bertz CT molecular complexity index is 2050. The summed E-state index contributed by atoms with van der Waals surface area (Å²) < 4.78 is 60.7. The summed E-state index contributed by atoms with van der Waals surface area (Å²) in [5.74, 6) is -2.24. The quantitative estimate of drug-likeness (QED) is 0.295. The molecule has 3 N–H and O–H groups in total. The first-order valence-electron chi connectivity index (χ1n) is 20.1. The zero-order chi connectivity index (χ0) is 40.9. The molecule has 1 saturated heterocycles. The van der Waals surface area contributed by atoms with Crippen LogP contribution in [0.2, 0.25) is 0 Å². The number of carbonyl (C=O) groups is 4. The van der Waals surface area contributed by atoms with E-state index in [0.29, 0.717) is 54.7 Å². The van der Waals surface area contributed by atoms with Gasteiger partial charge in [-0.1, -0.05) is 26.0 Å². The molecule has 0 spiro atoms. The van der Waals surface area contributed by atoms with Gasteiger partial charge in [-0.3, -0.25) is 19.1 Å². The van der Waals surface area contributed by atoms with Gasteiger partial charge in [0.05, 0.1) is 30.0 Å². The smallest absolute Gasteiger partial charge is 0.408 e. The Morgan fingerprint density at radius 3 is 2.53 bits per heavy atom. The largest absolute Gasteiger partial charge is 0.491 e. The van der Waals surface area contributed by atoms with Crippen LogP contribution in [0, 0.1) is 29.5 Å². The van der Waals surface area contributed by atoms with Crippen LogP contribution in [0.15, 0.2) is 36.5 Å². The van der Waals surface area contributed by atoms with Crippen LogP contribution in [0.3, 0.4) is 0 Å². The summed E-state index contributed by atoms with van der Waals surface area (Å²) in [5.41, 5.74) is -2.40. The molecule has 3 heterocycles. The second-order valence-electron chi connectivity index (χ2n) is 17.7. The van der Waals surface area contributed by atoms with Crippen LogP contribution >= 0.6 is 0 Å². The van der Waals surface area contributed by atoms with Crippen molar-refractivity contribution in [3.8, 4) is 11.6 Å². The molecule has 2 aliphatic heterocycles. The standard InChI is InChI=1S/C41H54FN5O9S/c1-23-8-6-7-9-26-19-41(26,38(50)46-57(52,53)29-13-14-29)45-35(48)32-18-28(21-47(32)37(49)34(24(2)16-23)44-39(51)56-40(3,4)5)55-36-31-17-27(42)12-15-30(31)33(20-43-36)54-22-25-10-11-25/h7,9,12,15,17,20,23-26,28-29,32,34H,6,8,10-11,13-14,16,18-19,21-22H2,1-5H3,(H,44,51)(H,45,48)(H,46,50). The number of allylic oxidation sites excluding steroid dienone is 1. The van der Waals surface area contributed by atoms with E-state index in [1.165, 1.54) is 23.2 Å². The maximum Gasteiger partial charge on any atom is 0.408 e. The van der Waals surface area contributed by atoms with E-state index in [1.807, 2.05) is 19.1 Å². The molecule has 3 aliphatic carbocycles. The number of pyridine rings is 1. The van der Waals surface area contributed by atoms with Crippen LogP contribution in [-0.2, 0) is 29.1 Å². The first kappa shape index (κ1) is 40.7. The lowest BCUT2D eigenvalue weighted by atomic mass is 9.88. The molecule has 3 saturated carbocycles. The molecule has 7 atom stereocenters. The fourth-order valence-electron chi connectivity index (χ4n) is 7.96. The molecule has 7 unspecified atom stereocenters. The number of hydrogen-bond donors (Lipinski definition) is 3. The first-order chi connectivity index (χ1) is 26.9. The summed E-state index contributed by atoms with van der Waals surface area (Å²) >= 11 is 0. The van der Waals surface area contributed by atoms with Crippen molar-refractivity contribution in [2.45, 2.75) is 127 Å². The Morgan fingerprint density at radius 2 is 1.82 bits per heavy atom. The fourth-order valence-corrected chi connectivity index (χ4v) is 9.32. The molecule has 0 radical (unpaired) electrons. The van der Waals surface area contributed by atoms with Crippen molar-refractivity contribution in [2.24, 2.45) is 23.7 Å². The molecule has 16 heteroatoms. The first-order valence-corrected chi connectivity index (χ1v) is 21.7. The third-order valence-electron chi connectivity index (χ3n) is 11.5. The van der Waals surface area contributed by atoms with Crippen molar-refractivity contribution in [1.82, 2.24) is 25.2 Å². The molecular weight excluding hydrogens is 758 g/mol. The highest BCUT2D eigenvalue weighted by molar-refractivity contribution is 7.91. The van der Waals surface area contributed by atoms with Gasteiger partial charge in [0.15, 0.2) is 0 Å². The number of sulfonamides is 1. The number of alkyl carbamates (subject to hydrolysis) is 1. The number of ether oxygens (including phenoxy) is 3. The minimum absolute atomic E-state index is 0.0431. The van der Waals surface area contributed by atoms with Gasteiger partial charge in [0, 0.05) is 17.7 Å². The molecule has 1 aromatic carbocycles. The Labute approximate surface area is 333 Å². The summed E-state index contributed by atoms with van der Waals surface area (Å²) in [6, 6.07) is 1.94. The molecule has 5 aliphatic rings. The number of nitrogens with one attached hydrogen (secondary N) is 3. The topological polar surface area (TPSA) is 182 Å². The normalized spacial score (nSPS) is 29.6. The molecule has 4 fully saturated rings. The monoisotopic (exact) mass is 811 g/mol. The number of aromatic nitrogens is 1.